The van der Waals surface area contributed by atoms with Crippen molar-refractivity contribution in [2.24, 2.45) is 0 Å². The lowest BCUT2D eigenvalue weighted by atomic mass is 10.1. The zero-order chi connectivity index (χ0) is 19.0. The van der Waals surface area contributed by atoms with Gasteiger partial charge >= 0.3 is 0 Å². The number of nitrogens with one attached hydrogen (secondary N) is 1. The lowest BCUT2D eigenvalue weighted by Crippen LogP contribution is -2.14. The maximum atomic E-state index is 12.4. The van der Waals surface area contributed by atoms with Crippen molar-refractivity contribution in [2.75, 3.05) is 5.32 Å². The fourth-order valence-corrected chi connectivity index (χ4v) is 3.98. The molecular weight excluding hydrogens is 360 g/mol. The molecule has 1 aromatic carbocycles. The molecule has 0 spiro atoms. The van der Waals surface area contributed by atoms with Gasteiger partial charge in [0.25, 0.3) is 0 Å². The van der Waals surface area contributed by atoms with Crippen LogP contribution < -0.4 is 5.32 Å². The molecule has 0 bridgehead atoms. The van der Waals surface area contributed by atoms with E-state index in [2.05, 4.69) is 26.5 Å². The Balaban J connectivity index is 1.51. The van der Waals surface area contributed by atoms with Crippen LogP contribution in [-0.4, -0.2) is 25.5 Å². The Morgan fingerprint density at radius 3 is 2.89 bits per heavy atom. The molecule has 3 heterocycles. The molecule has 0 aliphatic rings. The molecular formula is C19H16N6OS. The standard InChI is InChI=1S/C19H16N6OS/c1-11-14(12(2)25-18(22-11)13(9-20)10-21-25)7-8-17(26)24-19-23-15-5-3-4-6-16(15)27-19/h3-6,10H,7-8H2,1-2H3,(H,23,24,26). The Labute approximate surface area is 159 Å². The number of benzene rings is 1. The molecule has 134 valence electrons. The molecule has 7 nitrogen and oxygen atoms in total. The van der Waals surface area contributed by atoms with E-state index in [1.807, 2.05) is 38.1 Å². The Kier molecular flexibility index (Phi) is 4.30. The summed E-state index contributed by atoms with van der Waals surface area (Å²) in [6.45, 7) is 3.82. The van der Waals surface area contributed by atoms with Gasteiger partial charge in [0.15, 0.2) is 10.8 Å². The zero-order valence-corrected chi connectivity index (χ0v) is 15.7. The van der Waals surface area contributed by atoms with Gasteiger partial charge in [-0.25, -0.2) is 14.5 Å². The van der Waals surface area contributed by atoms with Crippen molar-refractivity contribution >= 4 is 38.2 Å². The van der Waals surface area contributed by atoms with Crippen LogP contribution in [0.2, 0.25) is 0 Å². The quantitative estimate of drug-likeness (QED) is 0.589. The van der Waals surface area contributed by atoms with Crippen molar-refractivity contribution in [2.45, 2.75) is 26.7 Å². The smallest absolute Gasteiger partial charge is 0.226 e. The molecule has 0 saturated carbocycles. The molecule has 0 fully saturated rings. The van der Waals surface area contributed by atoms with E-state index in [0.29, 0.717) is 29.2 Å². The second-order valence-electron chi connectivity index (χ2n) is 6.20. The van der Waals surface area contributed by atoms with Crippen molar-refractivity contribution in [3.05, 3.63) is 53.0 Å². The van der Waals surface area contributed by atoms with Gasteiger partial charge in [0.2, 0.25) is 5.91 Å². The minimum Gasteiger partial charge on any atom is -0.302 e. The van der Waals surface area contributed by atoms with Crippen LogP contribution in [0.5, 0.6) is 0 Å². The molecule has 4 aromatic rings. The Morgan fingerprint density at radius 2 is 2.11 bits per heavy atom. The predicted molar refractivity (Wildman–Crippen MR) is 104 cm³/mol. The molecule has 0 unspecified atom stereocenters. The van der Waals surface area contributed by atoms with Gasteiger partial charge in [-0.05, 0) is 38.0 Å². The molecule has 3 aromatic heterocycles. The van der Waals surface area contributed by atoms with Gasteiger partial charge in [0.05, 0.1) is 16.4 Å². The number of thiazole rings is 1. The highest BCUT2D eigenvalue weighted by Gasteiger charge is 2.15. The average Bonchev–Trinajstić information content (AvgIpc) is 3.24. The zero-order valence-electron chi connectivity index (χ0n) is 14.9. The highest BCUT2D eigenvalue weighted by atomic mass is 32.1. The first-order chi connectivity index (χ1) is 13.1. The average molecular weight is 376 g/mol. The molecule has 0 aliphatic carbocycles. The number of para-hydroxylation sites is 1. The highest BCUT2D eigenvalue weighted by Crippen LogP contribution is 2.25. The third kappa shape index (κ3) is 3.13. The van der Waals surface area contributed by atoms with Crippen LogP contribution in [-0.2, 0) is 11.2 Å². The molecule has 1 N–H and O–H groups in total. The predicted octanol–water partition coefficient (Wildman–Crippen LogP) is 3.40. The van der Waals surface area contributed by atoms with E-state index in [4.69, 9.17) is 5.26 Å². The second kappa shape index (κ2) is 6.78. The van der Waals surface area contributed by atoms with Gasteiger partial charge < -0.3 is 5.32 Å². The van der Waals surface area contributed by atoms with Crippen LogP contribution in [0.25, 0.3) is 15.9 Å². The minimum absolute atomic E-state index is 0.0915. The van der Waals surface area contributed by atoms with Gasteiger partial charge in [-0.15, -0.1) is 0 Å². The number of aromatic nitrogens is 4. The van der Waals surface area contributed by atoms with E-state index in [1.165, 1.54) is 17.5 Å². The number of rotatable bonds is 4. The van der Waals surface area contributed by atoms with Crippen molar-refractivity contribution in [1.82, 2.24) is 19.6 Å². The van der Waals surface area contributed by atoms with Crippen molar-refractivity contribution in [1.29, 1.82) is 5.26 Å². The monoisotopic (exact) mass is 376 g/mol. The molecule has 0 aliphatic heterocycles. The number of nitrogens with zero attached hydrogens (tertiary/aromatic N) is 5. The topological polar surface area (TPSA) is 96.0 Å². The van der Waals surface area contributed by atoms with Crippen LogP contribution >= 0.6 is 11.3 Å². The summed E-state index contributed by atoms with van der Waals surface area (Å²) < 4.78 is 2.70. The summed E-state index contributed by atoms with van der Waals surface area (Å²) in [5, 5.41) is 16.9. The lowest BCUT2D eigenvalue weighted by molar-refractivity contribution is -0.116. The Morgan fingerprint density at radius 1 is 1.30 bits per heavy atom. The number of anilines is 1. The van der Waals surface area contributed by atoms with Crippen molar-refractivity contribution in [3.63, 3.8) is 0 Å². The number of carbonyl (C=O) groups is 1. The highest BCUT2D eigenvalue weighted by molar-refractivity contribution is 7.22. The van der Waals surface area contributed by atoms with Gasteiger partial charge in [-0.1, -0.05) is 23.5 Å². The van der Waals surface area contributed by atoms with Gasteiger partial charge in [0.1, 0.15) is 11.6 Å². The molecule has 8 heteroatoms. The van der Waals surface area contributed by atoms with E-state index in [1.54, 1.807) is 4.52 Å². The lowest BCUT2D eigenvalue weighted by Gasteiger charge is -2.10. The first-order valence-corrected chi connectivity index (χ1v) is 9.28. The molecule has 1 amide bonds. The summed E-state index contributed by atoms with van der Waals surface area (Å²) in [6, 6.07) is 9.88. The van der Waals surface area contributed by atoms with Crippen LogP contribution in [0.1, 0.15) is 28.9 Å². The summed E-state index contributed by atoms with van der Waals surface area (Å²) >= 11 is 1.46. The summed E-state index contributed by atoms with van der Waals surface area (Å²) in [6.07, 6.45) is 2.37. The molecule has 27 heavy (non-hydrogen) atoms. The molecule has 0 radical (unpaired) electrons. The number of nitriles is 1. The van der Waals surface area contributed by atoms with E-state index in [0.717, 1.165) is 27.2 Å². The van der Waals surface area contributed by atoms with Crippen molar-refractivity contribution in [3.8, 4) is 6.07 Å². The SMILES string of the molecule is Cc1nc2c(C#N)cnn2c(C)c1CCC(=O)Nc1nc2ccccc2s1. The molecule has 0 atom stereocenters. The van der Waals surface area contributed by atoms with Gasteiger partial charge in [-0.2, -0.15) is 10.4 Å². The first-order valence-electron chi connectivity index (χ1n) is 8.46. The Hall–Kier alpha value is -3.31. The number of amides is 1. The van der Waals surface area contributed by atoms with E-state index >= 15 is 0 Å². The van der Waals surface area contributed by atoms with E-state index in [9.17, 15) is 4.79 Å². The van der Waals surface area contributed by atoms with Crippen LogP contribution in [0.15, 0.2) is 30.5 Å². The fraction of sp³-hybridized carbons (Fsp3) is 0.211. The maximum Gasteiger partial charge on any atom is 0.226 e. The van der Waals surface area contributed by atoms with Gasteiger partial charge in [-0.3, -0.25) is 4.79 Å². The fourth-order valence-electron chi connectivity index (χ4n) is 3.10. The third-order valence-corrected chi connectivity index (χ3v) is 5.42. The normalized spacial score (nSPS) is 11.0. The Bertz CT molecular complexity index is 1180. The van der Waals surface area contributed by atoms with Gasteiger partial charge in [0, 0.05) is 17.8 Å². The number of fused-ring (bicyclic) bond motifs is 2. The second-order valence-corrected chi connectivity index (χ2v) is 7.23. The summed E-state index contributed by atoms with van der Waals surface area (Å²) in [7, 11) is 0. The number of hydrogen-bond donors (Lipinski definition) is 1. The van der Waals surface area contributed by atoms with Crippen LogP contribution in [0.3, 0.4) is 0 Å². The number of hydrogen-bond acceptors (Lipinski definition) is 6. The number of aryl methyl sites for hydroxylation is 2. The summed E-state index contributed by atoms with van der Waals surface area (Å²) in [4.78, 5) is 21.3. The first kappa shape index (κ1) is 17.1. The summed E-state index contributed by atoms with van der Waals surface area (Å²) in [5.41, 5.74) is 4.55. The summed E-state index contributed by atoms with van der Waals surface area (Å²) in [5.74, 6) is -0.0915. The number of carbonyl (C=O) groups excluding carboxylic acids is 1. The van der Waals surface area contributed by atoms with Crippen LogP contribution in [0, 0.1) is 25.2 Å². The third-order valence-electron chi connectivity index (χ3n) is 4.47. The maximum absolute atomic E-state index is 12.4. The van der Waals surface area contributed by atoms with Crippen LogP contribution in [0.4, 0.5) is 5.13 Å². The molecule has 4 rings (SSSR count). The molecule has 0 saturated heterocycles. The van der Waals surface area contributed by atoms with Crippen molar-refractivity contribution < 1.29 is 4.79 Å². The van der Waals surface area contributed by atoms with E-state index < -0.39 is 0 Å². The largest absolute Gasteiger partial charge is 0.302 e. The van der Waals surface area contributed by atoms with E-state index in [-0.39, 0.29) is 5.91 Å². The minimum atomic E-state index is -0.0915.